The molecule has 2 aliphatic rings. The second kappa shape index (κ2) is 14.8. The average molecular weight is 809 g/mol. The molecule has 0 spiro atoms. The molecule has 0 amide bonds. The van der Waals surface area contributed by atoms with Crippen LogP contribution in [0.2, 0.25) is 0 Å². The fourth-order valence-electron chi connectivity index (χ4n) is 9.43. The SMILES string of the molecule is CCCC1=Cc2c(-c3ccccc3)cccc2[CH]1[Zr]([Cl])([Cl])(=[C](c1ccccc1)c1ccc(C)cc1)[CH]1C(CCC)=Cc2c(-c3ccccc3)cccc21. The quantitative estimate of drug-likeness (QED) is 0.129. The summed E-state index contributed by atoms with van der Waals surface area (Å²) in [6.07, 6.45) is 8.84. The molecule has 0 radical (unpaired) electrons. The van der Waals surface area contributed by atoms with E-state index in [1.165, 1.54) is 61.2 Å². The standard InChI is InChI=1S/2C18H17.C14H12.2ClH.Zr/c2*1-2-7-14-12-16-10-6-11-17(18(16)13-14)15-8-4-3-5-9-15;1-12-7-9-14(10-8-12)11-13-5-3-2-4-6-13;;;/h2*3-6,8-13H,2,7H2,1H3;2-10H,1H3;2*1H;/q;;;;;+2/p-2. The Morgan fingerprint density at radius 3 is 1.34 bits per heavy atom. The summed E-state index contributed by atoms with van der Waals surface area (Å²) >= 11 is -5.71. The van der Waals surface area contributed by atoms with E-state index in [9.17, 15) is 17.0 Å². The van der Waals surface area contributed by atoms with Gasteiger partial charge in [-0.3, -0.25) is 0 Å². The molecule has 0 nitrogen and oxygen atoms in total. The zero-order valence-corrected chi connectivity index (χ0v) is 34.8. The van der Waals surface area contributed by atoms with Crippen LogP contribution in [0.1, 0.15) is 85.7 Å². The van der Waals surface area contributed by atoms with E-state index >= 15 is 0 Å². The molecular weight excluding hydrogens is 763 g/mol. The predicted octanol–water partition coefficient (Wildman–Crippen LogP) is 14.8. The summed E-state index contributed by atoms with van der Waals surface area (Å²) in [5.41, 5.74) is 16.2. The van der Waals surface area contributed by atoms with Gasteiger partial charge < -0.3 is 0 Å². The van der Waals surface area contributed by atoms with Gasteiger partial charge in [-0.15, -0.1) is 0 Å². The average Bonchev–Trinajstić information content (AvgIpc) is 3.77. The van der Waals surface area contributed by atoms with Gasteiger partial charge in [0.05, 0.1) is 0 Å². The van der Waals surface area contributed by atoms with Crippen LogP contribution in [0.15, 0.2) is 163 Å². The van der Waals surface area contributed by atoms with Crippen LogP contribution < -0.4 is 0 Å². The van der Waals surface area contributed by atoms with Gasteiger partial charge in [0.25, 0.3) is 0 Å². The molecule has 0 aliphatic heterocycles. The number of hydrogen-bond acceptors (Lipinski definition) is 0. The van der Waals surface area contributed by atoms with Gasteiger partial charge in [-0.05, 0) is 0 Å². The fourth-order valence-corrected chi connectivity index (χ4v) is 32.4. The van der Waals surface area contributed by atoms with E-state index < -0.39 is 15.9 Å². The number of fused-ring (bicyclic) bond motifs is 2. The minimum absolute atomic E-state index is 0.133. The number of benzene rings is 6. The van der Waals surface area contributed by atoms with Crippen LogP contribution in [0, 0.1) is 6.92 Å². The number of rotatable bonds is 10. The molecule has 0 bridgehead atoms. The van der Waals surface area contributed by atoms with Gasteiger partial charge >= 0.3 is 326 Å². The van der Waals surface area contributed by atoms with Crippen molar-refractivity contribution in [3.63, 3.8) is 0 Å². The molecule has 6 aromatic carbocycles. The molecule has 0 saturated carbocycles. The van der Waals surface area contributed by atoms with Gasteiger partial charge in [0.2, 0.25) is 0 Å². The zero-order valence-electron chi connectivity index (χ0n) is 30.8. The first-order valence-corrected chi connectivity index (χ1v) is 29.6. The maximum absolute atomic E-state index is 9.25. The topological polar surface area (TPSA) is 0 Å². The van der Waals surface area contributed by atoms with Crippen molar-refractivity contribution >= 4 is 32.4 Å². The Labute approximate surface area is 323 Å². The van der Waals surface area contributed by atoms with Crippen molar-refractivity contribution in [2.75, 3.05) is 0 Å². The van der Waals surface area contributed by atoms with Gasteiger partial charge in [-0.2, -0.15) is 0 Å². The minimum atomic E-state index is -5.71. The third kappa shape index (κ3) is 6.24. The predicted molar refractivity (Wildman–Crippen MR) is 228 cm³/mol. The molecule has 2 atom stereocenters. The van der Waals surface area contributed by atoms with Crippen LogP contribution in [0.3, 0.4) is 0 Å². The first-order valence-electron chi connectivity index (χ1n) is 19.2. The molecule has 0 saturated heterocycles. The van der Waals surface area contributed by atoms with Gasteiger partial charge in [0.15, 0.2) is 0 Å². The van der Waals surface area contributed by atoms with E-state index in [-0.39, 0.29) is 7.25 Å². The summed E-state index contributed by atoms with van der Waals surface area (Å²) in [6, 6.07) is 55.1. The first-order chi connectivity index (χ1) is 25.8. The number of allylic oxidation sites excluding steroid dienone is 2. The third-order valence-electron chi connectivity index (χ3n) is 11.5. The molecule has 2 unspecified atom stereocenters. The molecule has 0 heterocycles. The van der Waals surface area contributed by atoms with Crippen molar-refractivity contribution in [3.05, 3.63) is 202 Å². The van der Waals surface area contributed by atoms with E-state index in [0.29, 0.717) is 0 Å². The molecule has 0 N–H and O–H groups in total. The van der Waals surface area contributed by atoms with E-state index in [1.807, 2.05) is 0 Å². The Kier molecular flexibility index (Phi) is 10.1. The fraction of sp³-hybridized carbons (Fsp3) is 0.180. The number of hydrogen-bond donors (Lipinski definition) is 0. The first kappa shape index (κ1) is 36.1. The van der Waals surface area contributed by atoms with Crippen LogP contribution in [0.4, 0.5) is 0 Å². The molecule has 53 heavy (non-hydrogen) atoms. The monoisotopic (exact) mass is 806 g/mol. The third-order valence-corrected chi connectivity index (χ3v) is 31.2. The van der Waals surface area contributed by atoms with Crippen LogP contribution in [-0.4, -0.2) is 3.21 Å². The number of halogens is 2. The normalized spacial score (nSPS) is 16.5. The summed E-state index contributed by atoms with van der Waals surface area (Å²) in [7, 11) is 18.5. The van der Waals surface area contributed by atoms with E-state index in [4.69, 9.17) is 0 Å². The van der Waals surface area contributed by atoms with Gasteiger partial charge in [-0.25, -0.2) is 0 Å². The van der Waals surface area contributed by atoms with Gasteiger partial charge in [0.1, 0.15) is 0 Å². The van der Waals surface area contributed by atoms with E-state index in [0.717, 1.165) is 40.0 Å². The Hall–Kier alpha value is -3.87. The molecule has 2 aliphatic carbocycles. The van der Waals surface area contributed by atoms with Gasteiger partial charge in [0, 0.05) is 0 Å². The van der Waals surface area contributed by atoms with Crippen molar-refractivity contribution in [2.45, 2.75) is 53.7 Å². The summed E-state index contributed by atoms with van der Waals surface area (Å²) in [6.45, 7) is 6.72. The second-order valence-electron chi connectivity index (χ2n) is 14.9. The van der Waals surface area contributed by atoms with Crippen molar-refractivity contribution in [1.82, 2.24) is 0 Å². The van der Waals surface area contributed by atoms with Crippen molar-refractivity contribution in [3.8, 4) is 22.3 Å². The summed E-state index contributed by atoms with van der Waals surface area (Å²) in [4.78, 5) is 0. The molecule has 6 aromatic rings. The van der Waals surface area contributed by atoms with Crippen molar-refractivity contribution in [1.29, 1.82) is 0 Å². The molecular formula is C50H46Cl2Zr. The van der Waals surface area contributed by atoms with Gasteiger partial charge in [-0.1, -0.05) is 0 Å². The van der Waals surface area contributed by atoms with E-state index in [2.05, 4.69) is 185 Å². The number of aryl methyl sites for hydroxylation is 1. The second-order valence-corrected chi connectivity index (χ2v) is 35.4. The summed E-state index contributed by atoms with van der Waals surface area (Å²) in [5.74, 6) is 0. The van der Waals surface area contributed by atoms with E-state index in [1.54, 1.807) is 0 Å². The Morgan fingerprint density at radius 1 is 0.491 bits per heavy atom. The van der Waals surface area contributed by atoms with Crippen LogP contribution in [-0.2, 0) is 15.9 Å². The molecule has 8 rings (SSSR count). The zero-order chi connectivity index (χ0) is 36.6. The summed E-state index contributed by atoms with van der Waals surface area (Å²) < 4.78 is 0.892. The van der Waals surface area contributed by atoms with Crippen LogP contribution in [0.25, 0.3) is 34.4 Å². The summed E-state index contributed by atoms with van der Waals surface area (Å²) in [5, 5.41) is 0. The van der Waals surface area contributed by atoms with Crippen molar-refractivity contribution in [2.24, 2.45) is 0 Å². The van der Waals surface area contributed by atoms with Crippen molar-refractivity contribution < 1.29 is 15.9 Å². The molecule has 264 valence electrons. The molecule has 0 fully saturated rings. The maximum atomic E-state index is 9.25. The van der Waals surface area contributed by atoms with Crippen LogP contribution >= 0.6 is 17.0 Å². The Balaban J connectivity index is 1.55. The van der Waals surface area contributed by atoms with Crippen LogP contribution in [0.5, 0.6) is 0 Å². The Bertz CT molecular complexity index is 2290. The molecule has 0 aromatic heterocycles. The molecule has 3 heteroatoms. The Morgan fingerprint density at radius 2 is 0.906 bits per heavy atom.